The van der Waals surface area contributed by atoms with Gasteiger partial charge in [-0.3, -0.25) is 9.78 Å². The van der Waals surface area contributed by atoms with Gasteiger partial charge >= 0.3 is 0 Å². The van der Waals surface area contributed by atoms with Crippen LogP contribution in [0.3, 0.4) is 0 Å². The molecule has 3 heterocycles. The Morgan fingerprint density at radius 1 is 1.07 bits per heavy atom. The molecular formula is C21H19N5OS. The first-order valence-corrected chi connectivity index (χ1v) is 9.87. The van der Waals surface area contributed by atoms with Gasteiger partial charge < -0.3 is 5.32 Å². The van der Waals surface area contributed by atoms with Crippen LogP contribution in [0.25, 0.3) is 16.4 Å². The summed E-state index contributed by atoms with van der Waals surface area (Å²) in [6, 6.07) is 15.8. The van der Waals surface area contributed by atoms with Crippen molar-refractivity contribution in [2.24, 2.45) is 0 Å². The van der Waals surface area contributed by atoms with E-state index in [1.807, 2.05) is 52.7 Å². The third kappa shape index (κ3) is 4.50. The molecule has 0 aliphatic heterocycles. The number of carbonyl (C=O) groups excluding carboxylic acids is 1. The van der Waals surface area contributed by atoms with E-state index in [1.165, 1.54) is 16.9 Å². The number of hydrogen-bond acceptors (Lipinski definition) is 5. The van der Waals surface area contributed by atoms with Crippen molar-refractivity contribution in [3.8, 4) is 16.4 Å². The number of benzene rings is 1. The summed E-state index contributed by atoms with van der Waals surface area (Å²) in [5.41, 5.74) is 3.79. The van der Waals surface area contributed by atoms with Crippen LogP contribution < -0.4 is 5.32 Å². The van der Waals surface area contributed by atoms with Crippen LogP contribution in [0.2, 0.25) is 0 Å². The Morgan fingerprint density at radius 3 is 2.71 bits per heavy atom. The lowest BCUT2D eigenvalue weighted by molar-refractivity contribution is -0.120. The molecular weight excluding hydrogens is 370 g/mol. The van der Waals surface area contributed by atoms with Crippen molar-refractivity contribution in [2.75, 3.05) is 6.54 Å². The maximum Gasteiger partial charge on any atom is 0.226 e. The summed E-state index contributed by atoms with van der Waals surface area (Å²) < 4.78 is 1.82. The van der Waals surface area contributed by atoms with Gasteiger partial charge in [-0.2, -0.15) is 5.10 Å². The van der Waals surface area contributed by atoms with Gasteiger partial charge in [0, 0.05) is 30.5 Å². The minimum atomic E-state index is -0.0222. The Balaban J connectivity index is 1.25. The van der Waals surface area contributed by atoms with Gasteiger partial charge in [0.05, 0.1) is 23.5 Å². The molecule has 0 fully saturated rings. The molecule has 4 aromatic rings. The minimum Gasteiger partial charge on any atom is -0.355 e. The first-order chi connectivity index (χ1) is 13.8. The molecule has 6 nitrogen and oxygen atoms in total. The van der Waals surface area contributed by atoms with E-state index < -0.39 is 0 Å². The summed E-state index contributed by atoms with van der Waals surface area (Å²) in [5, 5.41) is 9.92. The molecule has 0 bridgehead atoms. The quantitative estimate of drug-likeness (QED) is 0.526. The highest BCUT2D eigenvalue weighted by molar-refractivity contribution is 7.13. The number of nitrogens with zero attached hydrogens (tertiary/aromatic N) is 4. The molecule has 0 saturated carbocycles. The van der Waals surface area contributed by atoms with E-state index in [9.17, 15) is 4.79 Å². The normalized spacial score (nSPS) is 10.7. The van der Waals surface area contributed by atoms with Gasteiger partial charge in [-0.25, -0.2) is 9.67 Å². The van der Waals surface area contributed by atoms with Crippen LogP contribution in [-0.2, 0) is 17.6 Å². The average molecular weight is 389 g/mol. The van der Waals surface area contributed by atoms with Crippen molar-refractivity contribution in [1.29, 1.82) is 0 Å². The van der Waals surface area contributed by atoms with Crippen LogP contribution in [0.15, 0.2) is 72.5 Å². The number of carbonyl (C=O) groups is 1. The number of rotatable bonds is 7. The zero-order chi connectivity index (χ0) is 19.2. The van der Waals surface area contributed by atoms with E-state index in [0.717, 1.165) is 28.5 Å². The zero-order valence-corrected chi connectivity index (χ0v) is 16.0. The Morgan fingerprint density at radius 2 is 1.96 bits per heavy atom. The van der Waals surface area contributed by atoms with Gasteiger partial charge in [-0.05, 0) is 42.3 Å². The molecule has 1 aromatic carbocycles. The molecule has 0 aliphatic carbocycles. The zero-order valence-electron chi connectivity index (χ0n) is 15.2. The number of amides is 1. The van der Waals surface area contributed by atoms with Crippen molar-refractivity contribution in [3.63, 3.8) is 0 Å². The molecule has 0 spiro atoms. The van der Waals surface area contributed by atoms with Crippen molar-refractivity contribution >= 4 is 17.2 Å². The van der Waals surface area contributed by atoms with Crippen molar-refractivity contribution in [2.45, 2.75) is 12.8 Å². The molecule has 3 aromatic heterocycles. The summed E-state index contributed by atoms with van der Waals surface area (Å²) in [6.07, 6.45) is 6.46. The third-order valence-corrected chi connectivity index (χ3v) is 5.13. The number of nitrogens with one attached hydrogen (secondary N) is 1. The second-order valence-corrected chi connectivity index (χ2v) is 7.11. The van der Waals surface area contributed by atoms with Gasteiger partial charge in [0.1, 0.15) is 5.01 Å². The first-order valence-electron chi connectivity index (χ1n) is 8.99. The largest absolute Gasteiger partial charge is 0.355 e. The van der Waals surface area contributed by atoms with Crippen LogP contribution in [0.4, 0.5) is 0 Å². The van der Waals surface area contributed by atoms with Gasteiger partial charge in [0.15, 0.2) is 0 Å². The van der Waals surface area contributed by atoms with Gasteiger partial charge in [0.2, 0.25) is 5.91 Å². The molecule has 140 valence electrons. The maximum atomic E-state index is 12.2. The van der Waals surface area contributed by atoms with E-state index >= 15 is 0 Å². The summed E-state index contributed by atoms with van der Waals surface area (Å²) in [4.78, 5) is 21.0. The van der Waals surface area contributed by atoms with E-state index in [4.69, 9.17) is 0 Å². The lowest BCUT2D eigenvalue weighted by Gasteiger charge is -2.06. The molecule has 1 amide bonds. The fraction of sp³-hybridized carbons (Fsp3) is 0.143. The molecule has 1 N–H and O–H groups in total. The topological polar surface area (TPSA) is 72.7 Å². The van der Waals surface area contributed by atoms with Gasteiger partial charge in [0.25, 0.3) is 0 Å². The van der Waals surface area contributed by atoms with Crippen LogP contribution in [0, 0.1) is 0 Å². The highest BCUT2D eigenvalue weighted by atomic mass is 32.1. The fourth-order valence-corrected chi connectivity index (χ4v) is 3.60. The summed E-state index contributed by atoms with van der Waals surface area (Å²) in [5.74, 6) is -0.0222. The molecule has 0 saturated heterocycles. The Hall–Kier alpha value is -3.32. The SMILES string of the molecule is O=C(Cc1csc(-c2ccccn2)n1)NCCc1ccc(-n2cccn2)cc1. The fourth-order valence-electron chi connectivity index (χ4n) is 2.81. The predicted molar refractivity (Wildman–Crippen MR) is 109 cm³/mol. The highest BCUT2D eigenvalue weighted by Gasteiger charge is 2.09. The number of thiazole rings is 1. The van der Waals surface area contributed by atoms with Gasteiger partial charge in [-0.15, -0.1) is 11.3 Å². The van der Waals surface area contributed by atoms with Crippen molar-refractivity contribution in [3.05, 3.63) is 83.8 Å². The minimum absolute atomic E-state index is 0.0222. The molecule has 4 rings (SSSR count). The molecule has 0 atom stereocenters. The Bertz CT molecular complexity index is 1030. The van der Waals surface area contributed by atoms with Crippen molar-refractivity contribution < 1.29 is 4.79 Å². The lowest BCUT2D eigenvalue weighted by Crippen LogP contribution is -2.27. The number of hydrogen-bond donors (Lipinski definition) is 1. The van der Waals surface area contributed by atoms with Crippen LogP contribution in [-0.4, -0.2) is 32.2 Å². The van der Waals surface area contributed by atoms with Gasteiger partial charge in [-0.1, -0.05) is 18.2 Å². The predicted octanol–water partition coefficient (Wildman–Crippen LogP) is 3.29. The third-order valence-electron chi connectivity index (χ3n) is 4.22. The van der Waals surface area contributed by atoms with Crippen LogP contribution in [0.1, 0.15) is 11.3 Å². The average Bonchev–Trinajstić information content (AvgIpc) is 3.42. The van der Waals surface area contributed by atoms with Crippen LogP contribution >= 0.6 is 11.3 Å². The maximum absolute atomic E-state index is 12.2. The Labute approximate surface area is 166 Å². The number of aromatic nitrogens is 4. The van der Waals surface area contributed by atoms with E-state index in [-0.39, 0.29) is 12.3 Å². The monoisotopic (exact) mass is 389 g/mol. The van der Waals surface area contributed by atoms with Crippen LogP contribution in [0.5, 0.6) is 0 Å². The number of pyridine rings is 1. The highest BCUT2D eigenvalue weighted by Crippen LogP contribution is 2.21. The summed E-state index contributed by atoms with van der Waals surface area (Å²) >= 11 is 1.50. The smallest absolute Gasteiger partial charge is 0.226 e. The van der Waals surface area contributed by atoms with Crippen molar-refractivity contribution in [1.82, 2.24) is 25.1 Å². The first kappa shape index (κ1) is 18.1. The lowest BCUT2D eigenvalue weighted by atomic mass is 10.1. The standard InChI is InChI=1S/C21H19N5OS/c27-20(14-17-15-28-21(25-17)19-4-1-2-10-22-19)23-12-9-16-5-7-18(8-6-16)26-13-3-11-24-26/h1-8,10-11,13,15H,9,12,14H2,(H,23,27). The Kier molecular flexibility index (Phi) is 5.53. The summed E-state index contributed by atoms with van der Waals surface area (Å²) in [6.45, 7) is 0.594. The molecule has 0 radical (unpaired) electrons. The molecule has 7 heteroatoms. The van der Waals surface area contributed by atoms with E-state index in [2.05, 4.69) is 32.5 Å². The summed E-state index contributed by atoms with van der Waals surface area (Å²) in [7, 11) is 0. The molecule has 0 unspecified atom stereocenters. The second-order valence-electron chi connectivity index (χ2n) is 6.25. The second kappa shape index (κ2) is 8.58. The van der Waals surface area contributed by atoms with E-state index in [1.54, 1.807) is 12.4 Å². The molecule has 28 heavy (non-hydrogen) atoms. The van der Waals surface area contributed by atoms with E-state index in [0.29, 0.717) is 6.54 Å². The molecule has 0 aliphatic rings.